The number of carbonyl (C=O) groups is 1. The number of anilines is 1. The van der Waals surface area contributed by atoms with Crippen molar-refractivity contribution in [3.05, 3.63) is 64.6 Å². The Morgan fingerprint density at radius 1 is 1.03 bits per heavy atom. The number of nitrogens with zero attached hydrogens (tertiary/aromatic N) is 4. The second-order valence-corrected chi connectivity index (χ2v) is 9.03. The van der Waals surface area contributed by atoms with Crippen molar-refractivity contribution < 1.29 is 9.53 Å². The number of carbonyl (C=O) groups excluding carboxylic acids is 1. The number of aromatic amines is 1. The molecule has 2 aromatic carbocycles. The van der Waals surface area contributed by atoms with Gasteiger partial charge in [0, 0.05) is 31.6 Å². The number of H-pyrrole nitrogens is 1. The predicted molar refractivity (Wildman–Crippen MR) is 130 cm³/mol. The molecule has 0 atom stereocenters. The van der Waals surface area contributed by atoms with Crippen LogP contribution in [-0.2, 0) is 16.0 Å². The molecule has 0 saturated carbocycles. The average molecular weight is 464 g/mol. The van der Waals surface area contributed by atoms with Crippen LogP contribution in [0.25, 0.3) is 21.0 Å². The van der Waals surface area contributed by atoms with E-state index >= 15 is 0 Å². The standard InChI is InChI=1S/C24H25N5O3S/c30-22(9-15-32-14-8-17-4-3-5-18-19(17)16-25-27-23(18)31)28-10-12-29(13-11-28)24-26-20-6-1-2-7-21(20)33-24/h1-7,16H,8-15H2,(H,27,31). The zero-order chi connectivity index (χ0) is 22.6. The fourth-order valence-corrected chi connectivity index (χ4v) is 5.16. The second kappa shape index (κ2) is 9.68. The molecule has 5 rings (SSSR count). The van der Waals surface area contributed by atoms with Gasteiger partial charge in [0.25, 0.3) is 5.56 Å². The van der Waals surface area contributed by atoms with Crippen molar-refractivity contribution in [3.63, 3.8) is 0 Å². The first-order valence-corrected chi connectivity index (χ1v) is 11.9. The number of hydrogen-bond donors (Lipinski definition) is 1. The second-order valence-electron chi connectivity index (χ2n) is 8.02. The molecule has 0 bridgehead atoms. The number of amides is 1. The van der Waals surface area contributed by atoms with E-state index in [1.807, 2.05) is 35.2 Å². The summed E-state index contributed by atoms with van der Waals surface area (Å²) in [5, 5.41) is 8.84. The highest BCUT2D eigenvalue weighted by Gasteiger charge is 2.22. The zero-order valence-corrected chi connectivity index (χ0v) is 19.0. The normalized spacial score (nSPS) is 14.3. The molecule has 2 aromatic heterocycles. The van der Waals surface area contributed by atoms with Crippen LogP contribution < -0.4 is 10.5 Å². The Labute approximate surface area is 194 Å². The minimum Gasteiger partial charge on any atom is -0.381 e. The number of para-hydroxylation sites is 1. The van der Waals surface area contributed by atoms with Gasteiger partial charge in [-0.1, -0.05) is 35.6 Å². The summed E-state index contributed by atoms with van der Waals surface area (Å²) in [5.41, 5.74) is 1.85. The molecule has 1 N–H and O–H groups in total. The van der Waals surface area contributed by atoms with E-state index in [-0.39, 0.29) is 11.5 Å². The molecule has 1 aliphatic heterocycles. The third-order valence-electron chi connectivity index (χ3n) is 5.96. The van der Waals surface area contributed by atoms with Gasteiger partial charge in [0.15, 0.2) is 5.13 Å². The highest BCUT2D eigenvalue weighted by atomic mass is 32.1. The molecular formula is C24H25N5O3S. The molecule has 8 nitrogen and oxygen atoms in total. The lowest BCUT2D eigenvalue weighted by Gasteiger charge is -2.34. The van der Waals surface area contributed by atoms with Crippen LogP contribution >= 0.6 is 11.3 Å². The number of fused-ring (bicyclic) bond motifs is 2. The first-order valence-electron chi connectivity index (χ1n) is 11.1. The lowest BCUT2D eigenvalue weighted by Crippen LogP contribution is -2.49. The first kappa shape index (κ1) is 21.5. The van der Waals surface area contributed by atoms with Crippen molar-refractivity contribution in [3.8, 4) is 0 Å². The molecule has 3 heterocycles. The van der Waals surface area contributed by atoms with E-state index < -0.39 is 0 Å². The molecule has 1 aliphatic rings. The molecule has 1 amide bonds. The first-order chi connectivity index (χ1) is 16.2. The fraction of sp³-hybridized carbons (Fsp3) is 0.333. The summed E-state index contributed by atoms with van der Waals surface area (Å²) in [6.45, 7) is 3.87. The van der Waals surface area contributed by atoms with E-state index in [4.69, 9.17) is 9.72 Å². The summed E-state index contributed by atoms with van der Waals surface area (Å²) in [6.07, 6.45) is 2.71. The van der Waals surface area contributed by atoms with Gasteiger partial charge in [-0.2, -0.15) is 5.10 Å². The van der Waals surface area contributed by atoms with Crippen molar-refractivity contribution >= 4 is 43.4 Å². The molecule has 170 valence electrons. The van der Waals surface area contributed by atoms with Crippen molar-refractivity contribution in [2.24, 2.45) is 0 Å². The van der Waals surface area contributed by atoms with Crippen molar-refractivity contribution in [2.45, 2.75) is 12.8 Å². The van der Waals surface area contributed by atoms with Crippen LogP contribution in [0.3, 0.4) is 0 Å². The minimum atomic E-state index is -0.191. The summed E-state index contributed by atoms with van der Waals surface area (Å²) in [6, 6.07) is 13.8. The van der Waals surface area contributed by atoms with Gasteiger partial charge in [-0.15, -0.1) is 0 Å². The lowest BCUT2D eigenvalue weighted by molar-refractivity contribution is -0.132. The van der Waals surface area contributed by atoms with Gasteiger partial charge in [0.1, 0.15) is 0 Å². The van der Waals surface area contributed by atoms with Crippen molar-refractivity contribution in [1.29, 1.82) is 0 Å². The summed E-state index contributed by atoms with van der Waals surface area (Å²) in [7, 11) is 0. The summed E-state index contributed by atoms with van der Waals surface area (Å²) >= 11 is 1.70. The van der Waals surface area contributed by atoms with Crippen LogP contribution in [0.1, 0.15) is 12.0 Å². The zero-order valence-electron chi connectivity index (χ0n) is 18.2. The smallest absolute Gasteiger partial charge is 0.272 e. The van der Waals surface area contributed by atoms with Gasteiger partial charge in [0.05, 0.1) is 41.4 Å². The molecule has 0 unspecified atom stereocenters. The maximum atomic E-state index is 12.6. The largest absolute Gasteiger partial charge is 0.381 e. The van der Waals surface area contributed by atoms with Crippen molar-refractivity contribution in [1.82, 2.24) is 20.1 Å². The molecule has 1 saturated heterocycles. The van der Waals surface area contributed by atoms with Crippen LogP contribution in [-0.4, -0.2) is 65.4 Å². The number of aromatic nitrogens is 3. The summed E-state index contributed by atoms with van der Waals surface area (Å²) in [5.74, 6) is 0.125. The Morgan fingerprint density at radius 3 is 2.73 bits per heavy atom. The van der Waals surface area contributed by atoms with Crippen LogP contribution in [0, 0.1) is 0 Å². The molecular weight excluding hydrogens is 438 g/mol. The SMILES string of the molecule is O=C(CCOCCc1cccc2c(=O)[nH]ncc12)N1CCN(c2nc3ccccc3s2)CC1. The number of nitrogens with one attached hydrogen (secondary N) is 1. The number of ether oxygens (including phenoxy) is 1. The van der Waals surface area contributed by atoms with Gasteiger partial charge in [-0.25, -0.2) is 10.1 Å². The molecule has 9 heteroatoms. The van der Waals surface area contributed by atoms with Gasteiger partial charge >= 0.3 is 0 Å². The maximum Gasteiger partial charge on any atom is 0.272 e. The van der Waals surface area contributed by atoms with E-state index in [9.17, 15) is 9.59 Å². The number of hydrogen-bond acceptors (Lipinski definition) is 7. The summed E-state index contributed by atoms with van der Waals surface area (Å²) < 4.78 is 6.92. The third kappa shape index (κ3) is 4.74. The van der Waals surface area contributed by atoms with Crippen molar-refractivity contribution in [2.75, 3.05) is 44.3 Å². The highest BCUT2D eigenvalue weighted by molar-refractivity contribution is 7.22. The topological polar surface area (TPSA) is 91.4 Å². The number of benzene rings is 2. The van der Waals surface area contributed by atoms with E-state index in [2.05, 4.69) is 21.2 Å². The predicted octanol–water partition coefficient (Wildman–Crippen LogP) is 2.83. The quantitative estimate of drug-likeness (QED) is 0.424. The fourth-order valence-electron chi connectivity index (χ4n) is 4.14. The minimum absolute atomic E-state index is 0.125. The Hall–Kier alpha value is -3.30. The molecule has 4 aromatic rings. The van der Waals surface area contributed by atoms with Gasteiger partial charge in [0.2, 0.25) is 5.91 Å². The molecule has 0 spiro atoms. The number of rotatable bonds is 7. The monoisotopic (exact) mass is 463 g/mol. The Morgan fingerprint density at radius 2 is 1.88 bits per heavy atom. The van der Waals surface area contributed by atoms with Gasteiger partial charge < -0.3 is 14.5 Å². The van der Waals surface area contributed by atoms with Crippen LogP contribution in [0.2, 0.25) is 0 Å². The number of piperazine rings is 1. The van der Waals surface area contributed by atoms with Gasteiger partial charge in [-0.3, -0.25) is 9.59 Å². The average Bonchev–Trinajstić information content (AvgIpc) is 3.29. The number of thiazole rings is 1. The Kier molecular flexibility index (Phi) is 6.32. The maximum absolute atomic E-state index is 12.6. The molecule has 0 aliphatic carbocycles. The van der Waals surface area contributed by atoms with Crippen LogP contribution in [0.15, 0.2) is 53.5 Å². The summed E-state index contributed by atoms with van der Waals surface area (Å²) in [4.78, 5) is 33.4. The van der Waals surface area contributed by atoms with Crippen LogP contribution in [0.5, 0.6) is 0 Å². The highest BCUT2D eigenvalue weighted by Crippen LogP contribution is 2.29. The van der Waals surface area contributed by atoms with Gasteiger partial charge in [-0.05, 0) is 30.2 Å². The van der Waals surface area contributed by atoms with E-state index in [0.717, 1.165) is 34.7 Å². The van der Waals surface area contributed by atoms with E-state index in [1.54, 1.807) is 23.6 Å². The van der Waals surface area contributed by atoms with E-state index in [0.29, 0.717) is 44.5 Å². The Balaban J connectivity index is 1.06. The molecule has 1 fully saturated rings. The van der Waals surface area contributed by atoms with Crippen LogP contribution in [0.4, 0.5) is 5.13 Å². The Bertz CT molecular complexity index is 1290. The van der Waals surface area contributed by atoms with E-state index in [1.165, 1.54) is 4.70 Å². The third-order valence-corrected chi connectivity index (χ3v) is 7.06. The molecule has 33 heavy (non-hydrogen) atoms. The molecule has 0 radical (unpaired) electrons. The lowest BCUT2D eigenvalue weighted by atomic mass is 10.1.